The van der Waals surface area contributed by atoms with E-state index in [4.69, 9.17) is 4.42 Å². The second-order valence-corrected chi connectivity index (χ2v) is 4.81. The van der Waals surface area contributed by atoms with Crippen LogP contribution in [0.4, 0.5) is 0 Å². The van der Waals surface area contributed by atoms with E-state index >= 15 is 0 Å². The predicted molar refractivity (Wildman–Crippen MR) is 76.1 cm³/mol. The van der Waals surface area contributed by atoms with Crippen molar-refractivity contribution in [3.63, 3.8) is 0 Å². The quantitative estimate of drug-likeness (QED) is 0.876. The first-order chi connectivity index (χ1) is 10.0. The van der Waals surface area contributed by atoms with E-state index in [1.165, 1.54) is 0 Å². The highest BCUT2D eigenvalue weighted by Crippen LogP contribution is 2.25. The van der Waals surface area contributed by atoms with Gasteiger partial charge in [-0.1, -0.05) is 0 Å². The number of hydrogen-bond acceptors (Lipinski definition) is 4. The molecule has 6 heteroatoms. The number of amides is 1. The highest BCUT2D eigenvalue weighted by molar-refractivity contribution is 5.98. The Morgan fingerprint density at radius 2 is 2.19 bits per heavy atom. The van der Waals surface area contributed by atoms with Crippen LogP contribution in [0.3, 0.4) is 0 Å². The number of nitriles is 1. The van der Waals surface area contributed by atoms with Crippen LogP contribution in [0.15, 0.2) is 28.9 Å². The minimum Gasteiger partial charge on any atom is -0.443 e. The Bertz CT molecular complexity index is 663. The molecule has 0 aromatic carbocycles. The van der Waals surface area contributed by atoms with Crippen molar-refractivity contribution in [1.82, 2.24) is 9.88 Å². The molecule has 2 heterocycles. The van der Waals surface area contributed by atoms with Crippen molar-refractivity contribution in [2.24, 2.45) is 0 Å². The van der Waals surface area contributed by atoms with Gasteiger partial charge in [-0.15, -0.1) is 0 Å². The van der Waals surface area contributed by atoms with Crippen molar-refractivity contribution in [2.75, 3.05) is 6.54 Å². The lowest BCUT2D eigenvalue weighted by Crippen LogP contribution is -2.27. The van der Waals surface area contributed by atoms with Gasteiger partial charge in [-0.05, 0) is 32.4 Å². The van der Waals surface area contributed by atoms with Gasteiger partial charge in [0.15, 0.2) is 0 Å². The van der Waals surface area contributed by atoms with Gasteiger partial charge >= 0.3 is 0 Å². The third-order valence-corrected chi connectivity index (χ3v) is 3.09. The number of carbonyl (C=O) groups is 1. The topological polar surface area (TPSA) is 91.2 Å². The third-order valence-electron chi connectivity index (χ3n) is 3.09. The molecule has 1 atom stereocenters. The van der Waals surface area contributed by atoms with Crippen LogP contribution in [-0.4, -0.2) is 28.2 Å². The van der Waals surface area contributed by atoms with Crippen LogP contribution < -0.4 is 5.32 Å². The van der Waals surface area contributed by atoms with Crippen LogP contribution in [0.1, 0.15) is 35.0 Å². The van der Waals surface area contributed by atoms with Gasteiger partial charge < -0.3 is 14.8 Å². The first kappa shape index (κ1) is 14.9. The average Bonchev–Trinajstić information content (AvgIpc) is 3.04. The van der Waals surface area contributed by atoms with Crippen molar-refractivity contribution in [3.05, 3.63) is 41.4 Å². The Labute approximate surface area is 122 Å². The summed E-state index contributed by atoms with van der Waals surface area (Å²) in [6, 6.07) is 5.64. The van der Waals surface area contributed by atoms with Crippen LogP contribution in [-0.2, 0) is 0 Å². The van der Waals surface area contributed by atoms with Gasteiger partial charge in [0.1, 0.15) is 23.0 Å². The summed E-state index contributed by atoms with van der Waals surface area (Å²) in [4.78, 5) is 12.2. The number of aliphatic hydroxyl groups excluding tert-OH is 1. The number of nitrogens with one attached hydrogen (secondary N) is 1. The Kier molecular flexibility index (Phi) is 4.45. The molecule has 110 valence electrons. The zero-order valence-electron chi connectivity index (χ0n) is 12.0. The van der Waals surface area contributed by atoms with Crippen molar-refractivity contribution in [2.45, 2.75) is 26.4 Å². The van der Waals surface area contributed by atoms with Crippen LogP contribution in [0, 0.1) is 18.3 Å². The lowest BCUT2D eigenvalue weighted by Gasteiger charge is -2.06. The molecule has 0 fully saturated rings. The minimum absolute atomic E-state index is 0.207. The molecule has 0 saturated carbocycles. The molecule has 2 rings (SSSR count). The van der Waals surface area contributed by atoms with Crippen molar-refractivity contribution in [3.8, 4) is 12.0 Å². The zero-order chi connectivity index (χ0) is 15.4. The summed E-state index contributed by atoms with van der Waals surface area (Å²) in [5.74, 6) is 0.359. The second-order valence-electron chi connectivity index (χ2n) is 4.81. The van der Waals surface area contributed by atoms with E-state index in [1.807, 2.05) is 6.07 Å². The highest BCUT2D eigenvalue weighted by atomic mass is 16.4. The molecule has 0 bridgehead atoms. The van der Waals surface area contributed by atoms with E-state index in [0.717, 1.165) is 0 Å². The fourth-order valence-electron chi connectivity index (χ4n) is 2.04. The van der Waals surface area contributed by atoms with Gasteiger partial charge in [-0.3, -0.25) is 9.36 Å². The fourth-order valence-corrected chi connectivity index (χ4v) is 2.04. The minimum atomic E-state index is -0.485. The monoisotopic (exact) mass is 287 g/mol. The maximum absolute atomic E-state index is 12.2. The first-order valence-corrected chi connectivity index (χ1v) is 6.67. The number of hydrogen-bond donors (Lipinski definition) is 2. The van der Waals surface area contributed by atoms with Crippen LogP contribution in [0.25, 0.3) is 5.88 Å². The predicted octanol–water partition coefficient (Wildman–Crippen LogP) is 1.75. The zero-order valence-corrected chi connectivity index (χ0v) is 12.0. The van der Waals surface area contributed by atoms with Crippen molar-refractivity contribution < 1.29 is 14.3 Å². The summed E-state index contributed by atoms with van der Waals surface area (Å²) in [6.45, 7) is 3.64. The lowest BCUT2D eigenvalue weighted by molar-refractivity contribution is 0.0944. The molecular weight excluding hydrogens is 270 g/mol. The molecule has 0 aliphatic heterocycles. The number of aromatic nitrogens is 1. The summed E-state index contributed by atoms with van der Waals surface area (Å²) in [7, 11) is 0. The summed E-state index contributed by atoms with van der Waals surface area (Å²) in [5.41, 5.74) is 0.449. The van der Waals surface area contributed by atoms with E-state index in [2.05, 4.69) is 5.32 Å². The van der Waals surface area contributed by atoms with E-state index in [9.17, 15) is 15.2 Å². The molecule has 21 heavy (non-hydrogen) atoms. The van der Waals surface area contributed by atoms with Gasteiger partial charge in [-0.2, -0.15) is 5.26 Å². The largest absolute Gasteiger partial charge is 0.443 e. The number of aryl methyl sites for hydroxylation is 1. The van der Waals surface area contributed by atoms with E-state index < -0.39 is 6.10 Å². The third kappa shape index (κ3) is 3.15. The molecular formula is C15H17N3O3. The number of carbonyl (C=O) groups excluding carboxylic acids is 1. The molecule has 2 N–H and O–H groups in total. The van der Waals surface area contributed by atoms with Crippen molar-refractivity contribution in [1.29, 1.82) is 5.26 Å². The van der Waals surface area contributed by atoms with E-state index in [-0.39, 0.29) is 17.0 Å². The molecule has 2 aromatic heterocycles. The maximum atomic E-state index is 12.2. The van der Waals surface area contributed by atoms with Gasteiger partial charge in [0.05, 0.1) is 6.10 Å². The number of rotatable bonds is 5. The molecule has 0 aliphatic carbocycles. The normalized spacial score (nSPS) is 11.9. The number of nitrogens with zero attached hydrogens (tertiary/aromatic N) is 2. The molecule has 6 nitrogen and oxygen atoms in total. The standard InChI is InChI=1S/C15H17N3O3/c1-10(19)5-6-17-14(20)13-11(2)21-15(12(13)9-16)18-7-3-4-8-18/h3-4,7-8,10,19H,5-6H2,1-2H3,(H,17,20). The van der Waals surface area contributed by atoms with Crippen LogP contribution in [0.2, 0.25) is 0 Å². The van der Waals surface area contributed by atoms with Gasteiger partial charge in [0.25, 0.3) is 5.91 Å². The Morgan fingerprint density at radius 1 is 1.52 bits per heavy atom. The Morgan fingerprint density at radius 3 is 2.76 bits per heavy atom. The van der Waals surface area contributed by atoms with Crippen LogP contribution in [0.5, 0.6) is 0 Å². The van der Waals surface area contributed by atoms with Gasteiger partial charge in [0, 0.05) is 18.9 Å². The van der Waals surface area contributed by atoms with E-state index in [0.29, 0.717) is 24.6 Å². The molecule has 1 unspecified atom stereocenters. The summed E-state index contributed by atoms with van der Waals surface area (Å²) >= 11 is 0. The second kappa shape index (κ2) is 6.29. The molecule has 0 saturated heterocycles. The van der Waals surface area contributed by atoms with Gasteiger partial charge in [-0.25, -0.2) is 0 Å². The fraction of sp³-hybridized carbons (Fsp3) is 0.333. The highest BCUT2D eigenvalue weighted by Gasteiger charge is 2.24. The average molecular weight is 287 g/mol. The molecule has 0 radical (unpaired) electrons. The smallest absolute Gasteiger partial charge is 0.256 e. The number of furan rings is 1. The first-order valence-electron chi connectivity index (χ1n) is 6.67. The molecule has 2 aromatic rings. The Hall–Kier alpha value is -2.52. The summed E-state index contributed by atoms with van der Waals surface area (Å²) < 4.78 is 7.21. The molecule has 0 aliphatic rings. The van der Waals surface area contributed by atoms with E-state index in [1.54, 1.807) is 42.9 Å². The number of aliphatic hydroxyl groups is 1. The Balaban J connectivity index is 2.28. The van der Waals surface area contributed by atoms with Crippen LogP contribution >= 0.6 is 0 Å². The molecule has 1 amide bonds. The molecule has 0 spiro atoms. The summed E-state index contributed by atoms with van der Waals surface area (Å²) in [6.07, 6.45) is 3.46. The van der Waals surface area contributed by atoms with Gasteiger partial charge in [0.2, 0.25) is 5.88 Å². The lowest BCUT2D eigenvalue weighted by atomic mass is 10.1. The maximum Gasteiger partial charge on any atom is 0.256 e. The van der Waals surface area contributed by atoms with Crippen molar-refractivity contribution >= 4 is 5.91 Å². The SMILES string of the molecule is Cc1oc(-n2cccc2)c(C#N)c1C(=O)NCCC(C)O. The summed E-state index contributed by atoms with van der Waals surface area (Å²) in [5, 5.41) is 21.2.